The highest BCUT2D eigenvalue weighted by Crippen LogP contribution is 2.30. The first-order valence-corrected chi connectivity index (χ1v) is 6.76. The van der Waals surface area contributed by atoms with E-state index in [2.05, 4.69) is 44.7 Å². The Kier molecular flexibility index (Phi) is 3.19. The third kappa shape index (κ3) is 2.08. The van der Waals surface area contributed by atoms with E-state index in [4.69, 9.17) is 0 Å². The quantitative estimate of drug-likeness (QED) is 0.897. The number of rotatable bonds is 4. The number of H-pyrrole nitrogens is 1. The largest absolute Gasteiger partial charge is 0.349 e. The van der Waals surface area contributed by atoms with E-state index in [1.165, 1.54) is 18.5 Å². The molecule has 0 aliphatic carbocycles. The Hall–Kier alpha value is -1.55. The van der Waals surface area contributed by atoms with E-state index in [-0.39, 0.29) is 0 Å². The lowest BCUT2D eigenvalue weighted by Crippen LogP contribution is -2.37. The Morgan fingerprint density at radius 2 is 2.39 bits per heavy atom. The fourth-order valence-corrected chi connectivity index (χ4v) is 2.88. The summed E-state index contributed by atoms with van der Waals surface area (Å²) in [5.41, 5.74) is 1.45. The van der Waals surface area contributed by atoms with Gasteiger partial charge in [-0.2, -0.15) is 0 Å². The van der Waals surface area contributed by atoms with Crippen molar-refractivity contribution in [2.24, 2.45) is 0 Å². The Morgan fingerprint density at radius 1 is 1.44 bits per heavy atom. The number of aromatic amines is 1. The molecule has 2 aromatic heterocycles. The second kappa shape index (κ2) is 4.98. The van der Waals surface area contributed by atoms with Gasteiger partial charge in [-0.05, 0) is 18.6 Å². The van der Waals surface area contributed by atoms with E-state index < -0.39 is 0 Å². The van der Waals surface area contributed by atoms with Gasteiger partial charge in [0, 0.05) is 37.4 Å². The molecule has 0 unspecified atom stereocenters. The zero-order chi connectivity index (χ0) is 12.4. The van der Waals surface area contributed by atoms with Crippen molar-refractivity contribution in [3.05, 3.63) is 42.2 Å². The lowest BCUT2D eigenvalue weighted by atomic mass is 10.0. The van der Waals surface area contributed by atoms with Gasteiger partial charge in [0.05, 0.1) is 12.6 Å². The molecule has 3 heterocycles. The SMILES string of the molecule is CCC[C@H]1c2cccn2CCN1Cc1ncc[nH]1. The summed E-state index contributed by atoms with van der Waals surface area (Å²) in [5.74, 6) is 1.07. The molecule has 0 saturated carbocycles. The number of fused-ring (bicyclic) bond motifs is 1. The Balaban J connectivity index is 1.82. The molecular formula is C14H20N4. The van der Waals surface area contributed by atoms with Crippen molar-refractivity contribution in [2.45, 2.75) is 38.9 Å². The van der Waals surface area contributed by atoms with Crippen LogP contribution in [-0.4, -0.2) is 26.0 Å². The molecule has 0 bridgehead atoms. The zero-order valence-electron chi connectivity index (χ0n) is 10.8. The van der Waals surface area contributed by atoms with Crippen molar-refractivity contribution >= 4 is 0 Å². The predicted octanol–water partition coefficient (Wildman–Crippen LogP) is 2.57. The first kappa shape index (κ1) is 11.5. The van der Waals surface area contributed by atoms with Crippen LogP contribution in [0.3, 0.4) is 0 Å². The molecule has 0 radical (unpaired) electrons. The number of aromatic nitrogens is 3. The maximum absolute atomic E-state index is 4.34. The molecule has 1 aliphatic heterocycles. The smallest absolute Gasteiger partial charge is 0.120 e. The molecule has 2 aromatic rings. The molecule has 18 heavy (non-hydrogen) atoms. The first-order valence-electron chi connectivity index (χ1n) is 6.76. The average molecular weight is 244 g/mol. The molecule has 4 nitrogen and oxygen atoms in total. The summed E-state index contributed by atoms with van der Waals surface area (Å²) in [4.78, 5) is 10.1. The van der Waals surface area contributed by atoms with Crippen LogP contribution in [-0.2, 0) is 13.1 Å². The Bertz CT molecular complexity index is 486. The standard InChI is InChI=1S/C14H20N4/c1-2-4-12-13-5-3-8-17(13)9-10-18(12)11-14-15-6-7-16-14/h3,5-8,12H,2,4,9-11H2,1H3,(H,15,16)/t12-/m0/s1. The number of hydrogen-bond acceptors (Lipinski definition) is 2. The van der Waals surface area contributed by atoms with Gasteiger partial charge in [0.15, 0.2) is 0 Å². The second-order valence-corrected chi connectivity index (χ2v) is 4.94. The van der Waals surface area contributed by atoms with Gasteiger partial charge < -0.3 is 9.55 Å². The monoisotopic (exact) mass is 244 g/mol. The molecule has 3 rings (SSSR count). The minimum absolute atomic E-state index is 0.531. The summed E-state index contributed by atoms with van der Waals surface area (Å²) >= 11 is 0. The third-order valence-electron chi connectivity index (χ3n) is 3.74. The van der Waals surface area contributed by atoms with Crippen molar-refractivity contribution in [1.82, 2.24) is 19.4 Å². The molecule has 0 spiro atoms. The highest BCUT2D eigenvalue weighted by atomic mass is 15.2. The van der Waals surface area contributed by atoms with Gasteiger partial charge in [-0.25, -0.2) is 4.98 Å². The summed E-state index contributed by atoms with van der Waals surface area (Å²) in [6, 6.07) is 4.95. The molecule has 1 aliphatic rings. The van der Waals surface area contributed by atoms with Gasteiger partial charge in [-0.15, -0.1) is 0 Å². The van der Waals surface area contributed by atoms with Gasteiger partial charge in [0.1, 0.15) is 5.82 Å². The second-order valence-electron chi connectivity index (χ2n) is 4.94. The minimum Gasteiger partial charge on any atom is -0.349 e. The fraction of sp³-hybridized carbons (Fsp3) is 0.500. The van der Waals surface area contributed by atoms with Crippen molar-refractivity contribution < 1.29 is 0 Å². The van der Waals surface area contributed by atoms with Crippen LogP contribution in [0.1, 0.15) is 37.3 Å². The number of imidazole rings is 1. The Morgan fingerprint density at radius 3 is 3.17 bits per heavy atom. The highest BCUT2D eigenvalue weighted by Gasteiger charge is 2.26. The highest BCUT2D eigenvalue weighted by molar-refractivity contribution is 5.14. The van der Waals surface area contributed by atoms with Crippen LogP contribution < -0.4 is 0 Å². The van der Waals surface area contributed by atoms with Crippen molar-refractivity contribution in [3.63, 3.8) is 0 Å². The normalized spacial score (nSPS) is 19.9. The van der Waals surface area contributed by atoms with E-state index in [0.717, 1.165) is 25.5 Å². The summed E-state index contributed by atoms with van der Waals surface area (Å²) in [5, 5.41) is 0. The van der Waals surface area contributed by atoms with Crippen molar-refractivity contribution in [3.8, 4) is 0 Å². The van der Waals surface area contributed by atoms with Crippen molar-refractivity contribution in [1.29, 1.82) is 0 Å². The lowest BCUT2D eigenvalue weighted by molar-refractivity contribution is 0.136. The molecule has 0 amide bonds. The van der Waals surface area contributed by atoms with Crippen LogP contribution in [0.25, 0.3) is 0 Å². The summed E-state index contributed by atoms with van der Waals surface area (Å²) in [7, 11) is 0. The zero-order valence-corrected chi connectivity index (χ0v) is 10.8. The lowest BCUT2D eigenvalue weighted by Gasteiger charge is -2.36. The van der Waals surface area contributed by atoms with Gasteiger partial charge in [0.25, 0.3) is 0 Å². The first-order chi connectivity index (χ1) is 8.88. The van der Waals surface area contributed by atoms with Gasteiger partial charge in [-0.1, -0.05) is 13.3 Å². The Labute approximate surface area is 108 Å². The predicted molar refractivity (Wildman–Crippen MR) is 71.1 cm³/mol. The molecule has 1 N–H and O–H groups in total. The van der Waals surface area contributed by atoms with Crippen LogP contribution in [0.4, 0.5) is 0 Å². The van der Waals surface area contributed by atoms with Gasteiger partial charge in [-0.3, -0.25) is 4.90 Å². The molecule has 1 atom stereocenters. The van der Waals surface area contributed by atoms with E-state index in [9.17, 15) is 0 Å². The third-order valence-corrected chi connectivity index (χ3v) is 3.74. The average Bonchev–Trinajstić information content (AvgIpc) is 3.03. The van der Waals surface area contributed by atoms with Crippen molar-refractivity contribution in [2.75, 3.05) is 6.54 Å². The van der Waals surface area contributed by atoms with Crippen LogP contribution in [0.2, 0.25) is 0 Å². The minimum atomic E-state index is 0.531. The molecule has 0 aromatic carbocycles. The molecule has 0 fully saturated rings. The molecule has 96 valence electrons. The van der Waals surface area contributed by atoms with E-state index in [1.807, 2.05) is 12.4 Å². The van der Waals surface area contributed by atoms with Crippen LogP contribution in [0.15, 0.2) is 30.7 Å². The van der Waals surface area contributed by atoms with Crippen LogP contribution in [0.5, 0.6) is 0 Å². The number of nitrogens with one attached hydrogen (secondary N) is 1. The fourth-order valence-electron chi connectivity index (χ4n) is 2.88. The maximum Gasteiger partial charge on any atom is 0.120 e. The van der Waals surface area contributed by atoms with E-state index >= 15 is 0 Å². The van der Waals surface area contributed by atoms with E-state index in [1.54, 1.807) is 0 Å². The topological polar surface area (TPSA) is 36.9 Å². The summed E-state index contributed by atoms with van der Waals surface area (Å²) in [6.45, 7) is 5.37. The van der Waals surface area contributed by atoms with Gasteiger partial charge >= 0.3 is 0 Å². The number of hydrogen-bond donors (Lipinski definition) is 1. The summed E-state index contributed by atoms with van der Waals surface area (Å²) in [6.07, 6.45) is 8.35. The number of nitrogens with zero attached hydrogens (tertiary/aromatic N) is 3. The molecular weight excluding hydrogens is 224 g/mol. The van der Waals surface area contributed by atoms with Crippen LogP contribution in [0, 0.1) is 0 Å². The van der Waals surface area contributed by atoms with Gasteiger partial charge in [0.2, 0.25) is 0 Å². The molecule has 0 saturated heterocycles. The van der Waals surface area contributed by atoms with Crippen LogP contribution >= 0.6 is 0 Å². The molecule has 4 heteroatoms. The maximum atomic E-state index is 4.34. The van der Waals surface area contributed by atoms with E-state index in [0.29, 0.717) is 6.04 Å². The summed E-state index contributed by atoms with van der Waals surface area (Å²) < 4.78 is 2.39.